The molecule has 10 heavy (non-hydrogen) atoms. The Labute approximate surface area is 87.0 Å². The van der Waals surface area contributed by atoms with Gasteiger partial charge in [-0.15, -0.1) is 0 Å². The van der Waals surface area contributed by atoms with Gasteiger partial charge in [0.15, 0.2) is 0 Å². The molecule has 1 radical (unpaired) electrons. The number of carboxylic acids is 1. The van der Waals surface area contributed by atoms with Crippen molar-refractivity contribution in [1.29, 1.82) is 0 Å². The Morgan fingerprint density at radius 1 is 2.00 bits per heavy atom. The maximum atomic E-state index is 10.0. The first-order valence-electron chi connectivity index (χ1n) is 2.54. The largest absolute Gasteiger partial charge is 0.772 e. The van der Waals surface area contributed by atoms with E-state index in [0.717, 1.165) is 0 Å². The van der Waals surface area contributed by atoms with E-state index >= 15 is 0 Å². The summed E-state index contributed by atoms with van der Waals surface area (Å²) in [4.78, 5) is 10.0. The zero-order chi connectivity index (χ0) is 8.15. The molecule has 0 aliphatic rings. The first-order chi connectivity index (χ1) is 4.57. The van der Waals surface area contributed by atoms with Crippen LogP contribution in [0.5, 0.6) is 0 Å². The summed E-state index contributed by atoms with van der Waals surface area (Å²) in [5.41, 5.74) is 1.59. The average molecular weight is 243 g/mol. The molecule has 5 nitrogen and oxygen atoms in total. The van der Waals surface area contributed by atoms with Crippen LogP contribution >= 0.6 is 0 Å². The van der Waals surface area contributed by atoms with Crippen molar-refractivity contribution in [2.75, 3.05) is 5.75 Å². The third-order valence-electron chi connectivity index (χ3n) is 0.601. The van der Waals surface area contributed by atoms with Gasteiger partial charge in [0, 0.05) is 38.5 Å². The zero-order valence-electron chi connectivity index (χ0n) is 5.94. The maximum Gasteiger partial charge on any atom is 0.321 e. The van der Waals surface area contributed by atoms with E-state index in [4.69, 9.17) is 6.52 Å². The van der Waals surface area contributed by atoms with Gasteiger partial charge >= 0.3 is 5.97 Å². The van der Waals surface area contributed by atoms with Gasteiger partial charge < -0.3 is 15.4 Å². The predicted molar refractivity (Wildman–Crippen MR) is 29.4 cm³/mol. The van der Waals surface area contributed by atoms with Gasteiger partial charge in [-0.3, -0.25) is 9.00 Å². The first kappa shape index (κ1) is 10.6. The Bertz CT molecular complexity index is 156. The summed E-state index contributed by atoms with van der Waals surface area (Å²) in [5, 5.41) is 8.17. The molecular weight excluding hydrogens is 235 g/mol. The molecule has 0 fully saturated rings. The first-order valence-corrected chi connectivity index (χ1v) is 3.28. The van der Waals surface area contributed by atoms with Crippen LogP contribution in [0.4, 0.5) is 0 Å². The van der Waals surface area contributed by atoms with Crippen LogP contribution in [0.2, 0.25) is 1.41 Å². The normalized spacial score (nSPS) is 16.3. The standard InChI is InChI=1S/C3H7NO4S.Y/c4-2(3(5)6)1-9(7)8;/h2H,1,4H2,(H,5,6)(H,7,8);/p-1/t2-;/m1./s1/i/hT. The van der Waals surface area contributed by atoms with Gasteiger partial charge in [0.2, 0.25) is 0 Å². The summed E-state index contributed by atoms with van der Waals surface area (Å²) in [6, 6.07) is -1.33. The molecule has 0 aliphatic carbocycles. The number of hydrogen-bond donors (Lipinski definition) is 2. The van der Waals surface area contributed by atoms with E-state index < -0.39 is 28.8 Å². The Morgan fingerprint density at radius 3 is 2.60 bits per heavy atom. The van der Waals surface area contributed by atoms with E-state index in [1.54, 1.807) is 5.73 Å². The molecule has 0 saturated carbocycles. The quantitative estimate of drug-likeness (QED) is 0.571. The second-order valence-electron chi connectivity index (χ2n) is 1.36. The Kier molecular flexibility index (Phi) is 6.77. The van der Waals surface area contributed by atoms with E-state index in [9.17, 15) is 13.6 Å². The summed E-state index contributed by atoms with van der Waals surface area (Å²) in [6.45, 7) is 0. The second kappa shape index (κ2) is 6.36. The number of hydrogen-bond acceptors (Lipinski definition) is 4. The van der Waals surface area contributed by atoms with Gasteiger partial charge in [-0.05, 0) is 0 Å². The monoisotopic (exact) mass is 243 g/mol. The molecule has 0 rings (SSSR count). The molecule has 0 aromatic carbocycles. The minimum absolute atomic E-state index is 0. The minimum atomic E-state index is -2.43. The van der Waals surface area contributed by atoms with E-state index in [1.165, 1.54) is 0 Å². The van der Waals surface area contributed by atoms with Gasteiger partial charge in [-0.25, -0.2) is 0 Å². The smallest absolute Gasteiger partial charge is 0.321 e. The number of carboxylic acid groups (broad SMARTS) is 1. The molecule has 0 aromatic rings. The fourth-order valence-electron chi connectivity index (χ4n) is 0.207. The van der Waals surface area contributed by atoms with Crippen LogP contribution in [0.15, 0.2) is 0 Å². The Hall–Kier alpha value is 0.644. The fraction of sp³-hybridized carbons (Fsp3) is 0.667. The molecule has 0 bridgehead atoms. The van der Waals surface area contributed by atoms with E-state index in [-0.39, 0.29) is 32.7 Å². The van der Waals surface area contributed by atoms with Crippen LogP contribution in [-0.2, 0) is 48.6 Å². The molecule has 0 heterocycles. The van der Waals surface area contributed by atoms with Crippen molar-refractivity contribution < 1.29 is 52.8 Å². The number of aliphatic carboxylic acids is 1. The molecule has 7 heteroatoms. The summed E-state index contributed by atoms with van der Waals surface area (Å²) in [7, 11) is 0. The van der Waals surface area contributed by atoms with Crippen molar-refractivity contribution in [3.05, 3.63) is 0 Å². The molecule has 0 spiro atoms. The summed E-state index contributed by atoms with van der Waals surface area (Å²) >= 11 is -2.43. The number of nitrogens with two attached hydrogens (primary N) is 1. The van der Waals surface area contributed by atoms with Crippen molar-refractivity contribution in [2.45, 2.75) is 6.04 Å². The Balaban J connectivity index is 0. The van der Waals surface area contributed by atoms with Crippen molar-refractivity contribution in [2.24, 2.45) is 5.73 Å². The van der Waals surface area contributed by atoms with Crippen LogP contribution in [0.3, 0.4) is 0 Å². The van der Waals surface area contributed by atoms with Gasteiger partial charge in [-0.1, -0.05) is 11.1 Å². The summed E-state index contributed by atoms with van der Waals surface area (Å²) in [5.74, 6) is -1.93. The topological polar surface area (TPSA) is 103 Å². The van der Waals surface area contributed by atoms with Crippen LogP contribution in [0, 0.1) is 0 Å². The maximum absolute atomic E-state index is 10.0. The molecule has 1 unspecified atom stereocenters. The fourth-order valence-corrected chi connectivity index (χ4v) is 0.622. The van der Waals surface area contributed by atoms with Crippen molar-refractivity contribution in [1.82, 2.24) is 0 Å². The SMILES string of the molecule is [3H]N[C@H](CS(=O)[O-])C(=O)O.[Y]. The minimum Gasteiger partial charge on any atom is -0.772 e. The molecule has 57 valence electrons. The zero-order valence-corrected chi connectivity index (χ0v) is 8.60. The third kappa shape index (κ3) is 6.76. The molecule has 0 aliphatic heterocycles. The van der Waals surface area contributed by atoms with Gasteiger partial charge in [0.05, 0.1) is 0 Å². The van der Waals surface area contributed by atoms with Crippen LogP contribution in [0.25, 0.3) is 0 Å². The summed E-state index contributed by atoms with van der Waals surface area (Å²) in [6.07, 6.45) is 0. The van der Waals surface area contributed by atoms with E-state index in [0.29, 0.717) is 0 Å². The van der Waals surface area contributed by atoms with Crippen LogP contribution < -0.4 is 5.73 Å². The number of carbonyl (C=O) groups is 1. The molecular formula is C3H6NO4SY-. The summed E-state index contributed by atoms with van der Waals surface area (Å²) < 4.78 is 26.2. The predicted octanol–water partition coefficient (Wildman–Crippen LogP) is -1.73. The van der Waals surface area contributed by atoms with Crippen molar-refractivity contribution in [3.8, 4) is 0 Å². The van der Waals surface area contributed by atoms with Crippen molar-refractivity contribution in [3.63, 3.8) is 0 Å². The average Bonchev–Trinajstić information content (AvgIpc) is 1.81. The Morgan fingerprint density at radius 2 is 2.50 bits per heavy atom. The molecule has 3 N–H and O–H groups in total. The molecule has 0 saturated heterocycles. The van der Waals surface area contributed by atoms with Gasteiger partial charge in [0.25, 0.3) is 0 Å². The molecule has 0 amide bonds. The van der Waals surface area contributed by atoms with E-state index in [2.05, 4.69) is 0 Å². The van der Waals surface area contributed by atoms with Crippen LogP contribution in [-0.4, -0.2) is 31.6 Å². The van der Waals surface area contributed by atoms with Gasteiger partial charge in [-0.2, -0.15) is 0 Å². The molecule has 0 aromatic heterocycles. The third-order valence-corrected chi connectivity index (χ3v) is 1.21. The van der Waals surface area contributed by atoms with Crippen molar-refractivity contribution >= 4 is 17.0 Å². The van der Waals surface area contributed by atoms with Crippen LogP contribution in [0.1, 0.15) is 0 Å². The second-order valence-corrected chi connectivity index (χ2v) is 2.30. The molecule has 2 atom stereocenters. The number of rotatable bonds is 4. The van der Waals surface area contributed by atoms with Gasteiger partial charge in [0.1, 0.15) is 7.45 Å². The van der Waals surface area contributed by atoms with E-state index in [1.807, 2.05) is 0 Å².